The van der Waals surface area contributed by atoms with Gasteiger partial charge in [-0.3, -0.25) is 0 Å². The summed E-state index contributed by atoms with van der Waals surface area (Å²) in [5.74, 6) is 0.932. The van der Waals surface area contributed by atoms with Crippen molar-refractivity contribution in [2.45, 2.75) is 43.9 Å². The van der Waals surface area contributed by atoms with Crippen LogP contribution < -0.4 is 5.73 Å². The number of nitrogens with two attached hydrogens (primary N) is 1. The Morgan fingerprint density at radius 2 is 1.94 bits per heavy atom. The monoisotopic (exact) mass is 229 g/mol. The summed E-state index contributed by atoms with van der Waals surface area (Å²) in [5.41, 5.74) is 5.89. The number of ether oxygens (including phenoxy) is 3. The second-order valence-corrected chi connectivity index (χ2v) is 4.87. The van der Waals surface area contributed by atoms with Crippen LogP contribution in [0.25, 0.3) is 0 Å². The van der Waals surface area contributed by atoms with Crippen molar-refractivity contribution in [1.29, 1.82) is 0 Å². The molecule has 0 radical (unpaired) electrons. The van der Waals surface area contributed by atoms with E-state index in [-0.39, 0.29) is 18.2 Å². The molecule has 2 aliphatic carbocycles. The fourth-order valence-corrected chi connectivity index (χ4v) is 2.07. The van der Waals surface area contributed by atoms with Gasteiger partial charge in [-0.2, -0.15) is 0 Å². The van der Waals surface area contributed by atoms with Gasteiger partial charge in [0.2, 0.25) is 0 Å². The predicted octanol–water partition coefficient (Wildman–Crippen LogP) is 0.934. The van der Waals surface area contributed by atoms with Crippen molar-refractivity contribution in [2.75, 3.05) is 26.9 Å². The zero-order valence-electron chi connectivity index (χ0n) is 10.1. The molecule has 2 fully saturated rings. The predicted molar refractivity (Wildman–Crippen MR) is 61.3 cm³/mol. The molecule has 2 saturated carbocycles. The molecule has 0 amide bonds. The third-order valence-electron chi connectivity index (χ3n) is 3.45. The zero-order valence-corrected chi connectivity index (χ0v) is 10.1. The van der Waals surface area contributed by atoms with E-state index in [2.05, 4.69) is 0 Å². The highest BCUT2D eigenvalue weighted by Crippen LogP contribution is 2.33. The van der Waals surface area contributed by atoms with E-state index < -0.39 is 0 Å². The van der Waals surface area contributed by atoms with E-state index in [9.17, 15) is 0 Å². The lowest BCUT2D eigenvalue weighted by molar-refractivity contribution is -0.145. The summed E-state index contributed by atoms with van der Waals surface area (Å²) in [6.45, 7) is 2.10. The molecule has 4 heteroatoms. The Bertz CT molecular complexity index is 208. The van der Waals surface area contributed by atoms with Gasteiger partial charge in [0.15, 0.2) is 0 Å². The van der Waals surface area contributed by atoms with E-state index in [1.807, 2.05) is 0 Å². The van der Waals surface area contributed by atoms with Crippen LogP contribution in [0.15, 0.2) is 0 Å². The molecule has 3 atom stereocenters. The Labute approximate surface area is 97.4 Å². The minimum Gasteiger partial charge on any atom is -0.382 e. The Kier molecular flexibility index (Phi) is 4.58. The van der Waals surface area contributed by atoms with E-state index in [1.54, 1.807) is 7.11 Å². The summed E-state index contributed by atoms with van der Waals surface area (Å²) in [6, 6.07) is 0.141. The van der Waals surface area contributed by atoms with Crippen LogP contribution in [-0.4, -0.2) is 45.2 Å². The van der Waals surface area contributed by atoms with Crippen LogP contribution in [0.4, 0.5) is 0 Å². The van der Waals surface area contributed by atoms with Crippen molar-refractivity contribution in [3.05, 3.63) is 0 Å². The first-order valence-electron chi connectivity index (χ1n) is 6.29. The maximum absolute atomic E-state index is 5.89. The summed E-state index contributed by atoms with van der Waals surface area (Å²) in [7, 11) is 1.67. The fourth-order valence-electron chi connectivity index (χ4n) is 2.07. The topological polar surface area (TPSA) is 53.7 Å². The van der Waals surface area contributed by atoms with Gasteiger partial charge in [0.25, 0.3) is 0 Å². The average molecular weight is 229 g/mol. The quantitative estimate of drug-likeness (QED) is 0.629. The molecule has 2 N–H and O–H groups in total. The van der Waals surface area contributed by atoms with Crippen molar-refractivity contribution in [1.82, 2.24) is 0 Å². The average Bonchev–Trinajstić information content (AvgIpc) is 3.07. The first kappa shape index (κ1) is 12.3. The Morgan fingerprint density at radius 1 is 1.12 bits per heavy atom. The third kappa shape index (κ3) is 3.42. The maximum atomic E-state index is 5.89. The smallest absolute Gasteiger partial charge is 0.0989 e. The van der Waals surface area contributed by atoms with Gasteiger partial charge in [-0.1, -0.05) is 12.8 Å². The summed E-state index contributed by atoms with van der Waals surface area (Å²) < 4.78 is 16.4. The summed E-state index contributed by atoms with van der Waals surface area (Å²) in [4.78, 5) is 0. The van der Waals surface area contributed by atoms with Gasteiger partial charge in [-0.15, -0.1) is 0 Å². The highest BCUT2D eigenvalue weighted by molar-refractivity contribution is 4.95. The number of methoxy groups -OCH3 is 1. The molecule has 94 valence electrons. The summed E-state index contributed by atoms with van der Waals surface area (Å²) in [6.07, 6.45) is 5.21. The minimum atomic E-state index is 0.0781. The first-order valence-corrected chi connectivity index (χ1v) is 6.29. The lowest BCUT2D eigenvalue weighted by Gasteiger charge is -2.41. The van der Waals surface area contributed by atoms with Gasteiger partial charge in [0.05, 0.1) is 25.4 Å². The molecular weight excluding hydrogens is 206 g/mol. The molecule has 0 saturated heterocycles. The van der Waals surface area contributed by atoms with Crippen LogP contribution in [0.5, 0.6) is 0 Å². The normalized spacial score (nSPS) is 33.8. The number of hydrogen-bond acceptors (Lipinski definition) is 4. The standard InChI is InChI=1S/C12H23NO3/c1-14-6-7-16-12-10(13)8-11(12)15-5-4-9-2-3-9/h9-12H,2-8,13H2,1H3. The van der Waals surface area contributed by atoms with Gasteiger partial charge < -0.3 is 19.9 Å². The molecule has 2 aliphatic rings. The summed E-state index contributed by atoms with van der Waals surface area (Å²) >= 11 is 0. The second kappa shape index (κ2) is 5.96. The van der Waals surface area contributed by atoms with Crippen LogP contribution in [0.3, 0.4) is 0 Å². The van der Waals surface area contributed by atoms with E-state index in [1.165, 1.54) is 19.3 Å². The highest BCUT2D eigenvalue weighted by atomic mass is 16.6. The molecule has 3 unspecified atom stereocenters. The lowest BCUT2D eigenvalue weighted by atomic mass is 9.86. The molecule has 0 aromatic rings. The fraction of sp³-hybridized carbons (Fsp3) is 1.00. The van der Waals surface area contributed by atoms with Crippen LogP contribution in [0.2, 0.25) is 0 Å². The number of rotatable bonds is 8. The lowest BCUT2D eigenvalue weighted by Crippen LogP contribution is -2.58. The van der Waals surface area contributed by atoms with Crippen LogP contribution >= 0.6 is 0 Å². The molecule has 0 spiro atoms. The Balaban J connectivity index is 1.56. The Hall–Kier alpha value is -0.160. The first-order chi connectivity index (χ1) is 7.81. The molecule has 0 bridgehead atoms. The van der Waals surface area contributed by atoms with Crippen molar-refractivity contribution in [3.63, 3.8) is 0 Å². The van der Waals surface area contributed by atoms with Gasteiger partial charge in [0, 0.05) is 19.8 Å². The van der Waals surface area contributed by atoms with Gasteiger partial charge in [-0.05, 0) is 18.8 Å². The second-order valence-electron chi connectivity index (χ2n) is 4.87. The summed E-state index contributed by atoms with van der Waals surface area (Å²) in [5, 5.41) is 0. The molecule has 0 aliphatic heterocycles. The molecule has 0 aromatic heterocycles. The van der Waals surface area contributed by atoms with Crippen molar-refractivity contribution in [3.8, 4) is 0 Å². The molecule has 2 rings (SSSR count). The van der Waals surface area contributed by atoms with Crippen LogP contribution in [0.1, 0.15) is 25.7 Å². The highest BCUT2D eigenvalue weighted by Gasteiger charge is 2.40. The Morgan fingerprint density at radius 3 is 2.56 bits per heavy atom. The minimum absolute atomic E-state index is 0.0781. The SMILES string of the molecule is COCCOC1C(N)CC1OCCC1CC1. The van der Waals surface area contributed by atoms with Crippen LogP contribution in [0, 0.1) is 5.92 Å². The van der Waals surface area contributed by atoms with Crippen molar-refractivity contribution >= 4 is 0 Å². The molecule has 0 heterocycles. The van der Waals surface area contributed by atoms with E-state index >= 15 is 0 Å². The number of hydrogen-bond donors (Lipinski definition) is 1. The van der Waals surface area contributed by atoms with Gasteiger partial charge in [-0.25, -0.2) is 0 Å². The van der Waals surface area contributed by atoms with E-state index in [0.29, 0.717) is 13.2 Å². The van der Waals surface area contributed by atoms with Gasteiger partial charge >= 0.3 is 0 Å². The molecule has 16 heavy (non-hydrogen) atoms. The zero-order chi connectivity index (χ0) is 11.4. The largest absolute Gasteiger partial charge is 0.382 e. The van der Waals surface area contributed by atoms with Gasteiger partial charge in [0.1, 0.15) is 0 Å². The van der Waals surface area contributed by atoms with E-state index in [4.69, 9.17) is 19.9 Å². The van der Waals surface area contributed by atoms with Crippen molar-refractivity contribution in [2.24, 2.45) is 11.7 Å². The molecular formula is C12H23NO3. The van der Waals surface area contributed by atoms with E-state index in [0.717, 1.165) is 18.9 Å². The van der Waals surface area contributed by atoms with Crippen molar-refractivity contribution < 1.29 is 14.2 Å². The third-order valence-corrected chi connectivity index (χ3v) is 3.45. The maximum Gasteiger partial charge on any atom is 0.0989 e. The molecule has 0 aromatic carbocycles. The van der Waals surface area contributed by atoms with Crippen LogP contribution in [-0.2, 0) is 14.2 Å². The molecule has 4 nitrogen and oxygen atoms in total.